The first-order valence-corrected chi connectivity index (χ1v) is 23.8. The van der Waals surface area contributed by atoms with E-state index in [9.17, 15) is 0 Å². The first kappa shape index (κ1) is 38.3. The fourth-order valence-electron chi connectivity index (χ4n) is 12.7. The van der Waals surface area contributed by atoms with Gasteiger partial charge in [0.25, 0.3) is 0 Å². The highest BCUT2D eigenvalue weighted by atomic mass is 15.2. The molecule has 0 aliphatic heterocycles. The van der Waals surface area contributed by atoms with Crippen LogP contribution in [0.2, 0.25) is 0 Å². The minimum absolute atomic E-state index is 0.207. The first-order valence-electron chi connectivity index (χ1n) is 23.8. The molecule has 0 N–H and O–H groups in total. The molecule has 3 aromatic carbocycles. The van der Waals surface area contributed by atoms with Gasteiger partial charge in [0.2, 0.25) is 0 Å². The summed E-state index contributed by atoms with van der Waals surface area (Å²) in [5.74, 6) is 0.579. The minimum atomic E-state index is -0.218. The van der Waals surface area contributed by atoms with Crippen molar-refractivity contribution in [3.8, 4) is 0 Å². The standard InChI is InChI=1S/C61H56N2/c1-5-22-43(23-6-1)48-30-15-19-37-57(48)62(45-26-9-3-10-27-45)47-40-41-51-50-32-13-17-34-53(50)61(56(51)42-47)54-35-18-14-33-52(54)60-55(61)36-21-39-59(60)63(46-28-11-4-12-29-46)58-38-20-16-31-49(58)44-24-7-2-8-25-44/h2-5,7-11,13-16,18-19,22-26,28,30-33,35,37,39-42,45,52,54H,1,6,12,17,20-21,27,29,34,36,38H2. The van der Waals surface area contributed by atoms with E-state index in [4.69, 9.17) is 0 Å². The van der Waals surface area contributed by atoms with Crippen molar-refractivity contribution >= 4 is 28.1 Å². The third kappa shape index (κ3) is 6.20. The van der Waals surface area contributed by atoms with Crippen molar-refractivity contribution in [2.75, 3.05) is 4.90 Å². The third-order valence-corrected chi connectivity index (χ3v) is 15.2. The SMILES string of the molecule is C1=CCCC(N(C2=CCCC3=C2C2C=CC=CC2C32C3=C(C=CCC3)c3ccc(N(c4ccccc4C4=CCCC=C4)C4C=CC=CC4)cc32)C2=C(c3ccccc3)C=CCC2)=C1. The summed E-state index contributed by atoms with van der Waals surface area (Å²) in [6, 6.07) is 28.1. The molecule has 310 valence electrons. The second-order valence-electron chi connectivity index (χ2n) is 18.5. The zero-order valence-electron chi connectivity index (χ0n) is 36.3. The summed E-state index contributed by atoms with van der Waals surface area (Å²) in [5.41, 5.74) is 21.3. The molecule has 4 atom stereocenters. The topological polar surface area (TPSA) is 6.48 Å². The van der Waals surface area contributed by atoms with Crippen molar-refractivity contribution in [1.82, 2.24) is 4.90 Å². The maximum atomic E-state index is 2.77. The summed E-state index contributed by atoms with van der Waals surface area (Å²) < 4.78 is 0. The Balaban J connectivity index is 1.08. The number of allylic oxidation sites excluding steroid dienone is 25. The van der Waals surface area contributed by atoms with Gasteiger partial charge in [0.15, 0.2) is 0 Å². The van der Waals surface area contributed by atoms with Gasteiger partial charge in [-0.2, -0.15) is 0 Å². The summed E-state index contributed by atoms with van der Waals surface area (Å²) in [6.45, 7) is 0. The van der Waals surface area contributed by atoms with Crippen molar-refractivity contribution in [2.24, 2.45) is 11.8 Å². The minimum Gasteiger partial charge on any atom is -0.334 e. The highest BCUT2D eigenvalue weighted by Crippen LogP contribution is 2.68. The van der Waals surface area contributed by atoms with Crippen LogP contribution in [0.1, 0.15) is 92.9 Å². The predicted molar refractivity (Wildman–Crippen MR) is 265 cm³/mol. The number of anilines is 2. The van der Waals surface area contributed by atoms with Crippen LogP contribution in [0.4, 0.5) is 11.4 Å². The Morgan fingerprint density at radius 3 is 2.24 bits per heavy atom. The van der Waals surface area contributed by atoms with Crippen LogP contribution in [-0.2, 0) is 5.41 Å². The van der Waals surface area contributed by atoms with Gasteiger partial charge in [0.1, 0.15) is 0 Å². The molecule has 0 heterocycles. The summed E-state index contributed by atoms with van der Waals surface area (Å²) in [6.07, 6.45) is 57.3. The zero-order valence-corrected chi connectivity index (χ0v) is 36.3. The van der Waals surface area contributed by atoms with Crippen LogP contribution < -0.4 is 4.90 Å². The third-order valence-electron chi connectivity index (χ3n) is 15.2. The van der Waals surface area contributed by atoms with Crippen molar-refractivity contribution in [3.05, 3.63) is 244 Å². The lowest BCUT2D eigenvalue weighted by atomic mass is 9.62. The molecule has 0 bridgehead atoms. The van der Waals surface area contributed by atoms with Gasteiger partial charge in [-0.25, -0.2) is 0 Å². The van der Waals surface area contributed by atoms with E-state index in [0.29, 0.717) is 5.92 Å². The van der Waals surface area contributed by atoms with Crippen LogP contribution in [0, 0.1) is 11.8 Å². The monoisotopic (exact) mass is 816 g/mol. The molecule has 0 radical (unpaired) electrons. The molecular weight excluding hydrogens is 761 g/mol. The lowest BCUT2D eigenvalue weighted by molar-refractivity contribution is 0.403. The second kappa shape index (κ2) is 16.1. The Hall–Kier alpha value is -6.38. The van der Waals surface area contributed by atoms with E-state index in [-0.39, 0.29) is 17.4 Å². The summed E-state index contributed by atoms with van der Waals surface area (Å²) in [5, 5.41) is 0. The molecule has 0 saturated carbocycles. The van der Waals surface area contributed by atoms with Crippen molar-refractivity contribution in [1.29, 1.82) is 0 Å². The Bertz CT molecular complexity index is 2830. The smallest absolute Gasteiger partial charge is 0.0560 e. The molecule has 63 heavy (non-hydrogen) atoms. The normalized spacial score (nSPS) is 26.2. The van der Waals surface area contributed by atoms with E-state index in [1.165, 1.54) is 67.4 Å². The highest BCUT2D eigenvalue weighted by molar-refractivity contribution is 5.93. The molecule has 1 spiro atoms. The molecular formula is C61H56N2. The predicted octanol–water partition coefficient (Wildman–Crippen LogP) is 15.4. The quantitative estimate of drug-likeness (QED) is 0.223. The van der Waals surface area contributed by atoms with Gasteiger partial charge in [-0.15, -0.1) is 0 Å². The fraction of sp³-hybridized carbons (Fsp3) is 0.246. The van der Waals surface area contributed by atoms with Crippen molar-refractivity contribution in [2.45, 2.75) is 82.1 Å². The second-order valence-corrected chi connectivity index (χ2v) is 18.5. The average molecular weight is 817 g/mol. The molecule has 4 unspecified atom stereocenters. The molecule has 2 heteroatoms. The summed E-state index contributed by atoms with van der Waals surface area (Å²) in [7, 11) is 0. The van der Waals surface area contributed by atoms with Crippen molar-refractivity contribution < 1.29 is 0 Å². The number of benzene rings is 3. The lowest BCUT2D eigenvalue weighted by Gasteiger charge is -2.41. The fourth-order valence-corrected chi connectivity index (χ4v) is 12.7. The summed E-state index contributed by atoms with van der Waals surface area (Å²) >= 11 is 0. The molecule has 3 aromatic rings. The van der Waals surface area contributed by atoms with Gasteiger partial charge in [-0.3, -0.25) is 0 Å². The largest absolute Gasteiger partial charge is 0.334 e. The number of nitrogens with zero attached hydrogens (tertiary/aromatic N) is 2. The number of fused-ring (bicyclic) bond motifs is 8. The van der Waals surface area contributed by atoms with Crippen LogP contribution >= 0.6 is 0 Å². The maximum absolute atomic E-state index is 2.77. The lowest BCUT2D eigenvalue weighted by Crippen LogP contribution is -2.37. The van der Waals surface area contributed by atoms with Crippen LogP contribution in [0.25, 0.3) is 16.7 Å². The summed E-state index contributed by atoms with van der Waals surface area (Å²) in [4.78, 5) is 5.44. The molecule has 12 rings (SSSR count). The van der Waals surface area contributed by atoms with E-state index >= 15 is 0 Å². The zero-order chi connectivity index (χ0) is 41.7. The molecule has 2 nitrogen and oxygen atoms in total. The molecule has 9 aliphatic carbocycles. The molecule has 0 amide bonds. The van der Waals surface area contributed by atoms with Gasteiger partial charge in [0, 0.05) is 56.9 Å². The molecule has 0 aromatic heterocycles. The van der Waals surface area contributed by atoms with E-state index in [0.717, 1.165) is 70.6 Å². The average Bonchev–Trinajstić information content (AvgIpc) is 3.83. The van der Waals surface area contributed by atoms with Crippen LogP contribution in [0.5, 0.6) is 0 Å². The Morgan fingerprint density at radius 2 is 1.38 bits per heavy atom. The van der Waals surface area contributed by atoms with Gasteiger partial charge in [0.05, 0.1) is 6.04 Å². The van der Waals surface area contributed by atoms with Gasteiger partial charge < -0.3 is 9.80 Å². The number of para-hydroxylation sites is 1. The van der Waals surface area contributed by atoms with Crippen LogP contribution in [0.3, 0.4) is 0 Å². The van der Waals surface area contributed by atoms with Crippen LogP contribution in [0.15, 0.2) is 222 Å². The van der Waals surface area contributed by atoms with Gasteiger partial charge in [-0.1, -0.05) is 164 Å². The maximum Gasteiger partial charge on any atom is 0.0560 e. The van der Waals surface area contributed by atoms with E-state index < -0.39 is 0 Å². The molecule has 9 aliphatic rings. The highest BCUT2D eigenvalue weighted by Gasteiger charge is 2.60. The van der Waals surface area contributed by atoms with E-state index in [1.54, 1.807) is 16.7 Å². The van der Waals surface area contributed by atoms with Gasteiger partial charge >= 0.3 is 0 Å². The van der Waals surface area contributed by atoms with Crippen molar-refractivity contribution in [3.63, 3.8) is 0 Å². The number of hydrogen-bond donors (Lipinski definition) is 0. The Labute approximate surface area is 374 Å². The van der Waals surface area contributed by atoms with E-state index in [2.05, 4.69) is 198 Å². The number of rotatable bonds is 8. The number of hydrogen-bond acceptors (Lipinski definition) is 2. The van der Waals surface area contributed by atoms with Crippen LogP contribution in [-0.4, -0.2) is 10.9 Å². The molecule has 0 fully saturated rings. The molecule has 0 saturated heterocycles. The van der Waals surface area contributed by atoms with Gasteiger partial charge in [-0.05, 0) is 139 Å². The Kier molecular flexibility index (Phi) is 9.77. The Morgan fingerprint density at radius 1 is 0.571 bits per heavy atom. The van der Waals surface area contributed by atoms with E-state index in [1.807, 2.05) is 0 Å². The first-order chi connectivity index (χ1) is 31.3.